The van der Waals surface area contributed by atoms with Gasteiger partial charge in [0.1, 0.15) is 17.2 Å². The van der Waals surface area contributed by atoms with E-state index in [1.807, 2.05) is 43.3 Å². The average Bonchev–Trinajstić information content (AvgIpc) is 3.07. The standard InChI is InChI=1S/C19H20N4O3S/c1-4-26-16-7-5-6-13(10-16)18-21-22-19(27)23(18)20-12-14-8-9-15(24-2)11-17(14)25-3/h5-12H,4H2,1-3H3,(H,22,27). The van der Waals surface area contributed by atoms with Gasteiger partial charge < -0.3 is 14.2 Å². The lowest BCUT2D eigenvalue weighted by molar-refractivity contribution is 0.340. The topological polar surface area (TPSA) is 73.7 Å². The maximum atomic E-state index is 5.56. The first kappa shape index (κ1) is 18.7. The molecule has 0 radical (unpaired) electrons. The van der Waals surface area contributed by atoms with Gasteiger partial charge in [-0.15, -0.1) is 0 Å². The third kappa shape index (κ3) is 4.17. The summed E-state index contributed by atoms with van der Waals surface area (Å²) in [6, 6.07) is 13.1. The van der Waals surface area contributed by atoms with Crippen molar-refractivity contribution in [3.63, 3.8) is 0 Å². The lowest BCUT2D eigenvalue weighted by atomic mass is 10.2. The van der Waals surface area contributed by atoms with Gasteiger partial charge in [-0.1, -0.05) is 12.1 Å². The van der Waals surface area contributed by atoms with Crippen LogP contribution in [-0.2, 0) is 0 Å². The van der Waals surface area contributed by atoms with Crippen LogP contribution < -0.4 is 14.2 Å². The Kier molecular flexibility index (Phi) is 5.87. The van der Waals surface area contributed by atoms with E-state index in [0.29, 0.717) is 28.7 Å². The van der Waals surface area contributed by atoms with Crippen molar-refractivity contribution in [1.29, 1.82) is 0 Å². The van der Waals surface area contributed by atoms with Gasteiger partial charge in [-0.3, -0.25) is 0 Å². The SMILES string of the molecule is CCOc1cccc(-c2n[nH]c(=S)n2N=Cc2ccc(OC)cc2OC)c1. The minimum atomic E-state index is 0.385. The molecule has 0 spiro atoms. The normalized spacial score (nSPS) is 10.9. The number of H-pyrrole nitrogens is 1. The van der Waals surface area contributed by atoms with Crippen molar-refractivity contribution in [2.45, 2.75) is 6.92 Å². The monoisotopic (exact) mass is 384 g/mol. The summed E-state index contributed by atoms with van der Waals surface area (Å²) in [5.74, 6) is 2.70. The van der Waals surface area contributed by atoms with Crippen LogP contribution in [0.5, 0.6) is 17.2 Å². The first-order valence-corrected chi connectivity index (χ1v) is 8.74. The Morgan fingerprint density at radius 3 is 2.74 bits per heavy atom. The van der Waals surface area contributed by atoms with Crippen molar-refractivity contribution >= 4 is 18.4 Å². The van der Waals surface area contributed by atoms with Gasteiger partial charge in [0.05, 0.1) is 27.0 Å². The molecule has 1 N–H and O–H groups in total. The zero-order valence-electron chi connectivity index (χ0n) is 15.3. The molecule has 0 amide bonds. The Labute approximate surface area is 162 Å². The second-order valence-corrected chi connectivity index (χ2v) is 5.86. The number of nitrogens with one attached hydrogen (secondary N) is 1. The summed E-state index contributed by atoms with van der Waals surface area (Å²) >= 11 is 5.32. The molecule has 1 heterocycles. The third-order valence-electron chi connectivity index (χ3n) is 3.81. The maximum absolute atomic E-state index is 5.56. The molecule has 0 aliphatic heterocycles. The van der Waals surface area contributed by atoms with Crippen LogP contribution >= 0.6 is 12.2 Å². The van der Waals surface area contributed by atoms with E-state index in [2.05, 4.69) is 15.3 Å². The van der Waals surface area contributed by atoms with E-state index >= 15 is 0 Å². The second kappa shape index (κ2) is 8.50. The number of nitrogens with zero attached hydrogens (tertiary/aromatic N) is 3. The van der Waals surface area contributed by atoms with Crippen molar-refractivity contribution in [2.24, 2.45) is 5.10 Å². The summed E-state index contributed by atoms with van der Waals surface area (Å²) < 4.78 is 18.1. The number of hydrogen-bond acceptors (Lipinski definition) is 6. The molecular formula is C19H20N4O3S. The molecule has 0 aliphatic carbocycles. The largest absolute Gasteiger partial charge is 0.497 e. The van der Waals surface area contributed by atoms with Gasteiger partial charge in [-0.25, -0.2) is 5.10 Å². The Balaban J connectivity index is 1.97. The molecule has 0 unspecified atom stereocenters. The molecule has 0 aliphatic rings. The average molecular weight is 384 g/mol. The van der Waals surface area contributed by atoms with E-state index in [-0.39, 0.29) is 0 Å². The van der Waals surface area contributed by atoms with E-state index in [0.717, 1.165) is 16.9 Å². The predicted molar refractivity (Wildman–Crippen MR) is 107 cm³/mol. The highest BCUT2D eigenvalue weighted by atomic mass is 32.1. The Bertz CT molecular complexity index is 1010. The number of ether oxygens (including phenoxy) is 3. The molecule has 0 saturated heterocycles. The quantitative estimate of drug-likeness (QED) is 0.494. The highest BCUT2D eigenvalue weighted by Crippen LogP contribution is 2.25. The van der Waals surface area contributed by atoms with E-state index in [1.165, 1.54) is 0 Å². The summed E-state index contributed by atoms with van der Waals surface area (Å²) in [5.41, 5.74) is 1.63. The number of methoxy groups -OCH3 is 2. The Morgan fingerprint density at radius 1 is 1.15 bits per heavy atom. The summed E-state index contributed by atoms with van der Waals surface area (Å²) in [7, 11) is 3.20. The molecule has 2 aromatic carbocycles. The van der Waals surface area contributed by atoms with Gasteiger partial charge in [0.2, 0.25) is 4.77 Å². The minimum absolute atomic E-state index is 0.385. The van der Waals surface area contributed by atoms with Crippen LogP contribution in [0, 0.1) is 4.77 Å². The van der Waals surface area contributed by atoms with Crippen LogP contribution in [-0.4, -0.2) is 41.9 Å². The number of hydrogen-bond donors (Lipinski definition) is 1. The molecule has 7 nitrogen and oxygen atoms in total. The van der Waals surface area contributed by atoms with Crippen molar-refractivity contribution in [3.8, 4) is 28.6 Å². The van der Waals surface area contributed by atoms with Crippen molar-refractivity contribution in [3.05, 3.63) is 52.8 Å². The van der Waals surface area contributed by atoms with E-state index in [1.54, 1.807) is 31.2 Å². The van der Waals surface area contributed by atoms with Gasteiger partial charge in [0, 0.05) is 17.2 Å². The highest BCUT2D eigenvalue weighted by Gasteiger charge is 2.10. The van der Waals surface area contributed by atoms with Gasteiger partial charge >= 0.3 is 0 Å². The molecule has 27 heavy (non-hydrogen) atoms. The number of aromatic amines is 1. The highest BCUT2D eigenvalue weighted by molar-refractivity contribution is 7.71. The van der Waals surface area contributed by atoms with E-state index in [9.17, 15) is 0 Å². The van der Waals surface area contributed by atoms with Crippen molar-refractivity contribution < 1.29 is 14.2 Å². The summed E-state index contributed by atoms with van der Waals surface area (Å²) in [6.07, 6.45) is 1.67. The molecule has 3 rings (SSSR count). The molecule has 140 valence electrons. The number of benzene rings is 2. The number of rotatable bonds is 7. The van der Waals surface area contributed by atoms with Crippen LogP contribution in [0.4, 0.5) is 0 Å². The maximum Gasteiger partial charge on any atom is 0.216 e. The van der Waals surface area contributed by atoms with Gasteiger partial charge in [-0.05, 0) is 43.4 Å². The molecular weight excluding hydrogens is 364 g/mol. The lowest BCUT2D eigenvalue weighted by Gasteiger charge is -2.07. The van der Waals surface area contributed by atoms with Crippen LogP contribution in [0.2, 0.25) is 0 Å². The van der Waals surface area contributed by atoms with Crippen LogP contribution in [0.15, 0.2) is 47.6 Å². The summed E-state index contributed by atoms with van der Waals surface area (Å²) in [5, 5.41) is 11.6. The van der Waals surface area contributed by atoms with Crippen LogP contribution in [0.3, 0.4) is 0 Å². The fourth-order valence-electron chi connectivity index (χ4n) is 2.52. The van der Waals surface area contributed by atoms with Crippen LogP contribution in [0.1, 0.15) is 12.5 Å². The molecule has 0 fully saturated rings. The summed E-state index contributed by atoms with van der Waals surface area (Å²) in [4.78, 5) is 0. The van der Waals surface area contributed by atoms with Crippen molar-refractivity contribution in [1.82, 2.24) is 14.9 Å². The van der Waals surface area contributed by atoms with Crippen LogP contribution in [0.25, 0.3) is 11.4 Å². The molecule has 0 bridgehead atoms. The molecule has 8 heteroatoms. The Hall–Kier alpha value is -3.13. The fraction of sp³-hybridized carbons (Fsp3) is 0.211. The van der Waals surface area contributed by atoms with Gasteiger partial charge in [0.25, 0.3) is 0 Å². The zero-order chi connectivity index (χ0) is 19.2. The predicted octanol–water partition coefficient (Wildman–Crippen LogP) is 3.91. The number of aromatic nitrogens is 3. The zero-order valence-corrected chi connectivity index (χ0v) is 16.1. The molecule has 1 aromatic heterocycles. The third-order valence-corrected chi connectivity index (χ3v) is 4.07. The molecule has 0 atom stereocenters. The van der Waals surface area contributed by atoms with Crippen molar-refractivity contribution in [2.75, 3.05) is 20.8 Å². The fourth-order valence-corrected chi connectivity index (χ4v) is 2.70. The van der Waals surface area contributed by atoms with Gasteiger partial charge in [-0.2, -0.15) is 14.9 Å². The first-order valence-electron chi connectivity index (χ1n) is 8.33. The second-order valence-electron chi connectivity index (χ2n) is 5.48. The van der Waals surface area contributed by atoms with E-state index < -0.39 is 0 Å². The first-order chi connectivity index (χ1) is 13.2. The summed E-state index contributed by atoms with van der Waals surface area (Å²) in [6.45, 7) is 2.53. The Morgan fingerprint density at radius 2 is 2.00 bits per heavy atom. The van der Waals surface area contributed by atoms with Gasteiger partial charge in [0.15, 0.2) is 5.82 Å². The molecule has 3 aromatic rings. The van der Waals surface area contributed by atoms with E-state index in [4.69, 9.17) is 26.4 Å². The lowest BCUT2D eigenvalue weighted by Crippen LogP contribution is -1.98. The smallest absolute Gasteiger partial charge is 0.216 e. The molecule has 0 saturated carbocycles. The minimum Gasteiger partial charge on any atom is -0.497 e.